The highest BCUT2D eigenvalue weighted by Gasteiger charge is 2.07. The van der Waals surface area contributed by atoms with Gasteiger partial charge in [-0.3, -0.25) is 25.4 Å². The van der Waals surface area contributed by atoms with E-state index in [-0.39, 0.29) is 6.61 Å². The van der Waals surface area contributed by atoms with Gasteiger partial charge in [-0.15, -0.1) is 0 Å². The van der Waals surface area contributed by atoms with Gasteiger partial charge in [-0.25, -0.2) is 0 Å². The van der Waals surface area contributed by atoms with E-state index in [9.17, 15) is 9.59 Å². The predicted octanol–water partition coefficient (Wildman–Crippen LogP) is 1.54. The highest BCUT2D eigenvalue weighted by Crippen LogP contribution is 2.15. The van der Waals surface area contributed by atoms with Gasteiger partial charge in [-0.2, -0.15) is 0 Å². The van der Waals surface area contributed by atoms with Crippen molar-refractivity contribution in [3.8, 4) is 5.75 Å². The van der Waals surface area contributed by atoms with Crippen LogP contribution in [0.4, 0.5) is 0 Å². The van der Waals surface area contributed by atoms with E-state index in [1.165, 1.54) is 12.4 Å². The van der Waals surface area contributed by atoms with E-state index in [1.54, 1.807) is 12.1 Å². The largest absolute Gasteiger partial charge is 0.484 e. The maximum atomic E-state index is 11.7. The molecule has 114 valence electrons. The molecule has 1 aromatic carbocycles. The summed E-state index contributed by atoms with van der Waals surface area (Å²) in [5.41, 5.74) is 7.13. The van der Waals surface area contributed by atoms with Gasteiger partial charge in [-0.05, 0) is 49.2 Å². The van der Waals surface area contributed by atoms with E-state index in [2.05, 4.69) is 15.8 Å². The second-order valence-electron chi connectivity index (χ2n) is 4.85. The topological polar surface area (TPSA) is 80.3 Å². The van der Waals surface area contributed by atoms with E-state index in [0.29, 0.717) is 11.3 Å². The van der Waals surface area contributed by atoms with Gasteiger partial charge in [0.2, 0.25) is 0 Å². The van der Waals surface area contributed by atoms with Gasteiger partial charge in [0.25, 0.3) is 11.8 Å². The molecular weight excluding hydrogens is 282 g/mol. The SMILES string of the molecule is Cc1cc(C)cc(OCC(=O)NNC(=O)c2ccncc2)c1. The van der Waals surface area contributed by atoms with Crippen molar-refractivity contribution in [3.05, 3.63) is 59.4 Å². The monoisotopic (exact) mass is 299 g/mol. The van der Waals surface area contributed by atoms with Gasteiger partial charge in [-0.1, -0.05) is 6.07 Å². The molecule has 0 atom stereocenters. The van der Waals surface area contributed by atoms with Crippen LogP contribution in [-0.4, -0.2) is 23.4 Å². The molecule has 0 saturated heterocycles. The number of rotatable bonds is 4. The Morgan fingerprint density at radius 3 is 2.32 bits per heavy atom. The lowest BCUT2D eigenvalue weighted by atomic mass is 10.1. The molecule has 0 aliphatic heterocycles. The Kier molecular flexibility index (Phi) is 5.08. The van der Waals surface area contributed by atoms with Crippen LogP contribution in [0.25, 0.3) is 0 Å². The number of amides is 2. The van der Waals surface area contributed by atoms with Gasteiger partial charge in [0.05, 0.1) is 0 Å². The van der Waals surface area contributed by atoms with Crippen molar-refractivity contribution in [2.75, 3.05) is 6.61 Å². The number of pyridine rings is 1. The van der Waals surface area contributed by atoms with Crippen LogP contribution in [0.15, 0.2) is 42.7 Å². The summed E-state index contributed by atoms with van der Waals surface area (Å²) in [5, 5.41) is 0. The molecule has 6 heteroatoms. The molecule has 0 spiro atoms. The van der Waals surface area contributed by atoms with Crippen molar-refractivity contribution < 1.29 is 14.3 Å². The minimum Gasteiger partial charge on any atom is -0.484 e. The molecule has 0 aliphatic carbocycles. The molecule has 2 rings (SSSR count). The van der Waals surface area contributed by atoms with Crippen LogP contribution in [0.2, 0.25) is 0 Å². The maximum Gasteiger partial charge on any atom is 0.276 e. The quantitative estimate of drug-likeness (QED) is 0.839. The van der Waals surface area contributed by atoms with Gasteiger partial charge < -0.3 is 4.74 Å². The average molecular weight is 299 g/mol. The summed E-state index contributed by atoms with van der Waals surface area (Å²) < 4.78 is 5.39. The van der Waals surface area contributed by atoms with Crippen LogP contribution >= 0.6 is 0 Å². The number of hydrogen-bond donors (Lipinski definition) is 2. The highest BCUT2D eigenvalue weighted by atomic mass is 16.5. The number of carbonyl (C=O) groups is 2. The van der Waals surface area contributed by atoms with Crippen molar-refractivity contribution in [1.29, 1.82) is 0 Å². The Hall–Kier alpha value is -2.89. The molecule has 1 aromatic heterocycles. The van der Waals surface area contributed by atoms with Crippen molar-refractivity contribution in [2.45, 2.75) is 13.8 Å². The number of ether oxygens (including phenoxy) is 1. The van der Waals surface area contributed by atoms with Crippen LogP contribution in [0.5, 0.6) is 5.75 Å². The fourth-order valence-electron chi connectivity index (χ4n) is 1.90. The third kappa shape index (κ3) is 4.59. The van der Waals surface area contributed by atoms with Crippen molar-refractivity contribution in [2.24, 2.45) is 0 Å². The summed E-state index contributed by atoms with van der Waals surface area (Å²) in [6.45, 7) is 3.73. The zero-order chi connectivity index (χ0) is 15.9. The molecule has 1 heterocycles. The lowest BCUT2D eigenvalue weighted by Gasteiger charge is -2.09. The first-order valence-corrected chi connectivity index (χ1v) is 6.75. The summed E-state index contributed by atoms with van der Waals surface area (Å²) in [5.74, 6) is -0.239. The molecule has 0 bridgehead atoms. The van der Waals surface area contributed by atoms with E-state index in [1.807, 2.05) is 32.0 Å². The summed E-state index contributed by atoms with van der Waals surface area (Å²) in [6.07, 6.45) is 3.00. The van der Waals surface area contributed by atoms with Crippen molar-refractivity contribution in [3.63, 3.8) is 0 Å². The van der Waals surface area contributed by atoms with E-state index >= 15 is 0 Å². The molecule has 0 radical (unpaired) electrons. The Morgan fingerprint density at radius 2 is 1.68 bits per heavy atom. The molecule has 0 aliphatic rings. The lowest BCUT2D eigenvalue weighted by Crippen LogP contribution is -2.43. The highest BCUT2D eigenvalue weighted by molar-refractivity contribution is 5.95. The van der Waals surface area contributed by atoms with Gasteiger partial charge in [0, 0.05) is 18.0 Å². The molecule has 2 aromatic rings. The fourth-order valence-corrected chi connectivity index (χ4v) is 1.90. The lowest BCUT2D eigenvalue weighted by molar-refractivity contribution is -0.123. The smallest absolute Gasteiger partial charge is 0.276 e. The number of aryl methyl sites for hydroxylation is 2. The first-order chi connectivity index (χ1) is 10.5. The maximum absolute atomic E-state index is 11.7. The van der Waals surface area contributed by atoms with Crippen LogP contribution in [-0.2, 0) is 4.79 Å². The van der Waals surface area contributed by atoms with Crippen LogP contribution in [0.1, 0.15) is 21.5 Å². The Morgan fingerprint density at radius 1 is 1.05 bits per heavy atom. The Balaban J connectivity index is 1.80. The molecule has 0 fully saturated rings. The molecule has 2 amide bonds. The summed E-state index contributed by atoms with van der Waals surface area (Å²) >= 11 is 0. The number of hydrogen-bond acceptors (Lipinski definition) is 4. The molecule has 0 unspecified atom stereocenters. The van der Waals surface area contributed by atoms with Crippen molar-refractivity contribution >= 4 is 11.8 Å². The van der Waals surface area contributed by atoms with E-state index in [0.717, 1.165) is 11.1 Å². The van der Waals surface area contributed by atoms with E-state index in [4.69, 9.17) is 4.74 Å². The first kappa shape index (κ1) is 15.5. The Labute approximate surface area is 128 Å². The Bertz CT molecular complexity index is 651. The normalized spacial score (nSPS) is 9.91. The molecule has 2 N–H and O–H groups in total. The summed E-state index contributed by atoms with van der Waals surface area (Å²) in [7, 11) is 0. The first-order valence-electron chi connectivity index (χ1n) is 6.75. The summed E-state index contributed by atoms with van der Waals surface area (Å²) in [4.78, 5) is 27.2. The third-order valence-electron chi connectivity index (χ3n) is 2.82. The third-order valence-corrected chi connectivity index (χ3v) is 2.82. The number of aromatic nitrogens is 1. The molecular formula is C16H17N3O3. The van der Waals surface area contributed by atoms with Crippen molar-refractivity contribution in [1.82, 2.24) is 15.8 Å². The zero-order valence-electron chi connectivity index (χ0n) is 12.4. The van der Waals surface area contributed by atoms with E-state index < -0.39 is 11.8 Å². The van der Waals surface area contributed by atoms with Gasteiger partial charge >= 0.3 is 0 Å². The average Bonchev–Trinajstić information content (AvgIpc) is 2.50. The second-order valence-corrected chi connectivity index (χ2v) is 4.85. The fraction of sp³-hybridized carbons (Fsp3) is 0.188. The molecule has 6 nitrogen and oxygen atoms in total. The zero-order valence-corrected chi connectivity index (χ0v) is 12.4. The van der Waals surface area contributed by atoms with Crippen LogP contribution < -0.4 is 15.6 Å². The number of carbonyl (C=O) groups excluding carboxylic acids is 2. The van der Waals surface area contributed by atoms with Crippen LogP contribution in [0.3, 0.4) is 0 Å². The molecule has 0 saturated carbocycles. The minimum atomic E-state index is -0.443. The number of hydrazine groups is 1. The number of benzene rings is 1. The predicted molar refractivity (Wildman–Crippen MR) is 81.3 cm³/mol. The summed E-state index contributed by atoms with van der Waals surface area (Å²) in [6, 6.07) is 8.80. The molecule has 22 heavy (non-hydrogen) atoms. The minimum absolute atomic E-state index is 0.181. The van der Waals surface area contributed by atoms with Gasteiger partial charge in [0.1, 0.15) is 5.75 Å². The standard InChI is InChI=1S/C16H17N3O3/c1-11-7-12(2)9-14(8-11)22-10-15(20)18-19-16(21)13-3-5-17-6-4-13/h3-9H,10H2,1-2H3,(H,18,20)(H,19,21). The second kappa shape index (κ2) is 7.21. The van der Waals surface area contributed by atoms with Crippen LogP contribution in [0, 0.1) is 13.8 Å². The van der Waals surface area contributed by atoms with Gasteiger partial charge in [0.15, 0.2) is 6.61 Å². The number of nitrogens with zero attached hydrogens (tertiary/aromatic N) is 1. The number of nitrogens with one attached hydrogen (secondary N) is 2.